The monoisotopic (exact) mass is 488 g/mol. The minimum Gasteiger partial charge on any atom is -0.465 e. The third kappa shape index (κ3) is 5.09. The first-order chi connectivity index (χ1) is 15.8. The van der Waals surface area contributed by atoms with E-state index in [1.54, 1.807) is 9.47 Å². The van der Waals surface area contributed by atoms with Crippen LogP contribution >= 0.6 is 11.3 Å². The number of ether oxygens (including phenoxy) is 1. The number of anilines is 1. The Kier molecular flexibility index (Phi) is 6.52. The van der Waals surface area contributed by atoms with E-state index in [-0.39, 0.29) is 17.3 Å². The number of hydrogen-bond acceptors (Lipinski definition) is 7. The van der Waals surface area contributed by atoms with E-state index in [1.807, 2.05) is 12.3 Å². The molecule has 1 N–H and O–H groups in total. The highest BCUT2D eigenvalue weighted by atomic mass is 32.2. The van der Waals surface area contributed by atoms with Gasteiger partial charge in [-0.15, -0.1) is 11.3 Å². The van der Waals surface area contributed by atoms with Crippen LogP contribution in [0.3, 0.4) is 0 Å². The molecule has 2 aromatic heterocycles. The molecule has 33 heavy (non-hydrogen) atoms. The predicted octanol–water partition coefficient (Wildman–Crippen LogP) is 3.13. The molecule has 0 unspecified atom stereocenters. The molecular formula is C22H24N4O5S2. The van der Waals surface area contributed by atoms with Crippen LogP contribution in [0.15, 0.2) is 46.8 Å². The van der Waals surface area contributed by atoms with Crippen LogP contribution in [0.5, 0.6) is 0 Å². The van der Waals surface area contributed by atoms with Gasteiger partial charge in [0.2, 0.25) is 5.91 Å². The zero-order valence-corrected chi connectivity index (χ0v) is 19.9. The molecule has 0 atom stereocenters. The standard InChI is InChI=1S/C22H24N4O5S2/c1-15-14-32-21(23-15)19-11-18(12-26(19)13-20(27)25-9-3-4-10-25)33(29,30)24-17-7-5-16(6-8-17)22(28)31-2/h5-8,11-12,14,24H,3-4,9-10,13H2,1-2H3. The average molecular weight is 489 g/mol. The summed E-state index contributed by atoms with van der Waals surface area (Å²) in [6.07, 6.45) is 3.42. The van der Waals surface area contributed by atoms with Crippen molar-refractivity contribution in [1.82, 2.24) is 14.5 Å². The third-order valence-electron chi connectivity index (χ3n) is 5.34. The summed E-state index contributed by atoms with van der Waals surface area (Å²) >= 11 is 1.39. The molecular weight excluding hydrogens is 464 g/mol. The predicted molar refractivity (Wildman–Crippen MR) is 125 cm³/mol. The molecule has 3 heterocycles. The van der Waals surface area contributed by atoms with E-state index in [2.05, 4.69) is 14.4 Å². The SMILES string of the molecule is COC(=O)c1ccc(NS(=O)(=O)c2cc(-c3nc(C)cs3)n(CC(=O)N3CCCC3)c2)cc1. The van der Waals surface area contributed by atoms with Crippen LogP contribution in [-0.4, -0.2) is 54.9 Å². The second-order valence-corrected chi connectivity index (χ2v) is 10.3. The lowest BCUT2D eigenvalue weighted by atomic mass is 10.2. The summed E-state index contributed by atoms with van der Waals surface area (Å²) in [7, 11) is -2.67. The average Bonchev–Trinajstić information content (AvgIpc) is 3.54. The van der Waals surface area contributed by atoms with E-state index in [9.17, 15) is 18.0 Å². The maximum atomic E-state index is 13.1. The van der Waals surface area contributed by atoms with Crippen molar-refractivity contribution in [3.8, 4) is 10.7 Å². The fraction of sp³-hybridized carbons (Fsp3) is 0.318. The highest BCUT2D eigenvalue weighted by molar-refractivity contribution is 7.92. The summed E-state index contributed by atoms with van der Waals surface area (Å²) in [6.45, 7) is 3.34. The van der Waals surface area contributed by atoms with E-state index >= 15 is 0 Å². The molecule has 9 nitrogen and oxygen atoms in total. The molecule has 3 aromatic rings. The van der Waals surface area contributed by atoms with Crippen molar-refractivity contribution >= 4 is 38.9 Å². The van der Waals surface area contributed by atoms with E-state index in [1.165, 1.54) is 55.0 Å². The molecule has 1 aliphatic heterocycles. The second kappa shape index (κ2) is 9.36. The number of aromatic nitrogens is 2. The summed E-state index contributed by atoms with van der Waals surface area (Å²) in [4.78, 5) is 30.6. The van der Waals surface area contributed by atoms with Crippen LogP contribution in [0.1, 0.15) is 28.9 Å². The Morgan fingerprint density at radius 3 is 2.48 bits per heavy atom. The molecule has 1 aliphatic rings. The van der Waals surface area contributed by atoms with Gasteiger partial charge in [0.25, 0.3) is 10.0 Å². The van der Waals surface area contributed by atoms with E-state index < -0.39 is 16.0 Å². The number of methoxy groups -OCH3 is 1. The fourth-order valence-corrected chi connectivity index (χ4v) is 5.56. The van der Waals surface area contributed by atoms with Crippen molar-refractivity contribution in [2.24, 2.45) is 0 Å². The number of sulfonamides is 1. The zero-order valence-electron chi connectivity index (χ0n) is 18.3. The van der Waals surface area contributed by atoms with E-state index in [0.717, 1.165) is 31.6 Å². The zero-order chi connectivity index (χ0) is 23.6. The molecule has 0 aliphatic carbocycles. The fourth-order valence-electron chi connectivity index (χ4n) is 3.63. The van der Waals surface area contributed by atoms with Gasteiger partial charge < -0.3 is 14.2 Å². The van der Waals surface area contributed by atoms with Crippen LogP contribution < -0.4 is 4.72 Å². The summed E-state index contributed by atoms with van der Waals surface area (Å²) < 4.78 is 35.0. The Bertz CT molecular complexity index is 1270. The summed E-state index contributed by atoms with van der Waals surface area (Å²) in [5.41, 5.74) is 2.01. The summed E-state index contributed by atoms with van der Waals surface area (Å²) in [5.74, 6) is -0.555. The van der Waals surface area contributed by atoms with Gasteiger partial charge in [0.1, 0.15) is 16.4 Å². The minimum atomic E-state index is -3.94. The van der Waals surface area contributed by atoms with Gasteiger partial charge in [-0.2, -0.15) is 0 Å². The van der Waals surface area contributed by atoms with E-state index in [4.69, 9.17) is 0 Å². The van der Waals surface area contributed by atoms with Crippen LogP contribution in [0.4, 0.5) is 5.69 Å². The Labute approximate surface area is 196 Å². The number of rotatable bonds is 7. The number of aryl methyl sites for hydroxylation is 1. The van der Waals surface area contributed by atoms with Gasteiger partial charge in [-0.25, -0.2) is 18.2 Å². The topological polar surface area (TPSA) is 111 Å². The number of nitrogens with one attached hydrogen (secondary N) is 1. The maximum absolute atomic E-state index is 13.1. The molecule has 1 aromatic carbocycles. The maximum Gasteiger partial charge on any atom is 0.337 e. The van der Waals surface area contributed by atoms with Gasteiger partial charge in [-0.1, -0.05) is 0 Å². The lowest BCUT2D eigenvalue weighted by Gasteiger charge is -2.16. The molecule has 1 saturated heterocycles. The Hall–Kier alpha value is -3.18. The minimum absolute atomic E-state index is 0.0246. The molecule has 4 rings (SSSR count). The molecule has 1 fully saturated rings. The van der Waals surface area contributed by atoms with Crippen molar-refractivity contribution in [3.05, 3.63) is 53.2 Å². The van der Waals surface area contributed by atoms with Crippen molar-refractivity contribution in [2.75, 3.05) is 24.9 Å². The molecule has 0 saturated carbocycles. The molecule has 0 radical (unpaired) electrons. The smallest absolute Gasteiger partial charge is 0.337 e. The van der Waals surface area contributed by atoms with E-state index in [0.29, 0.717) is 22.0 Å². The van der Waals surface area contributed by atoms with Crippen LogP contribution in [0.2, 0.25) is 0 Å². The number of esters is 1. The number of carbonyl (C=O) groups excluding carboxylic acids is 2. The van der Waals surface area contributed by atoms with Crippen molar-refractivity contribution in [1.29, 1.82) is 0 Å². The lowest BCUT2D eigenvalue weighted by molar-refractivity contribution is -0.130. The number of thiazole rings is 1. The molecule has 0 spiro atoms. The number of amides is 1. The number of likely N-dealkylation sites (tertiary alicyclic amines) is 1. The number of benzene rings is 1. The number of nitrogens with zero attached hydrogens (tertiary/aromatic N) is 3. The number of hydrogen-bond donors (Lipinski definition) is 1. The van der Waals surface area contributed by atoms with Crippen LogP contribution in [0, 0.1) is 6.92 Å². The first kappa shape index (κ1) is 23.0. The van der Waals surface area contributed by atoms with Crippen LogP contribution in [0.25, 0.3) is 10.7 Å². The Morgan fingerprint density at radius 1 is 1.18 bits per heavy atom. The molecule has 174 valence electrons. The normalized spacial score (nSPS) is 13.8. The number of carbonyl (C=O) groups is 2. The van der Waals surface area contributed by atoms with Crippen LogP contribution in [-0.2, 0) is 26.1 Å². The second-order valence-electron chi connectivity index (χ2n) is 7.75. The Morgan fingerprint density at radius 2 is 1.88 bits per heavy atom. The van der Waals surface area contributed by atoms with Gasteiger partial charge in [-0.3, -0.25) is 9.52 Å². The summed E-state index contributed by atoms with van der Waals surface area (Å²) in [6, 6.07) is 7.47. The largest absolute Gasteiger partial charge is 0.465 e. The first-order valence-electron chi connectivity index (χ1n) is 10.4. The third-order valence-corrected chi connectivity index (χ3v) is 7.67. The van der Waals surface area contributed by atoms with Gasteiger partial charge in [0, 0.05) is 36.0 Å². The van der Waals surface area contributed by atoms with Gasteiger partial charge >= 0.3 is 5.97 Å². The van der Waals surface area contributed by atoms with Gasteiger partial charge in [0.05, 0.1) is 18.4 Å². The van der Waals surface area contributed by atoms with Crippen molar-refractivity contribution < 1.29 is 22.7 Å². The van der Waals surface area contributed by atoms with Crippen molar-refractivity contribution in [3.63, 3.8) is 0 Å². The quantitative estimate of drug-likeness (QED) is 0.512. The highest BCUT2D eigenvalue weighted by Gasteiger charge is 2.24. The van der Waals surface area contributed by atoms with Gasteiger partial charge in [0.15, 0.2) is 0 Å². The molecule has 11 heteroatoms. The summed E-state index contributed by atoms with van der Waals surface area (Å²) in [5, 5.41) is 2.52. The van der Waals surface area contributed by atoms with Gasteiger partial charge in [-0.05, 0) is 50.1 Å². The Balaban J connectivity index is 1.62. The molecule has 0 bridgehead atoms. The first-order valence-corrected chi connectivity index (χ1v) is 12.7. The molecule has 1 amide bonds. The lowest BCUT2D eigenvalue weighted by Crippen LogP contribution is -2.31. The highest BCUT2D eigenvalue weighted by Crippen LogP contribution is 2.29. The van der Waals surface area contributed by atoms with Crippen molar-refractivity contribution in [2.45, 2.75) is 31.2 Å².